The third-order valence-corrected chi connectivity index (χ3v) is 4.02. The summed E-state index contributed by atoms with van der Waals surface area (Å²) in [5, 5.41) is 0. The van der Waals surface area contributed by atoms with Crippen LogP contribution in [0.5, 0.6) is 5.75 Å². The van der Waals surface area contributed by atoms with Crippen molar-refractivity contribution in [3.8, 4) is 5.75 Å². The molecule has 0 radical (unpaired) electrons. The van der Waals surface area contributed by atoms with E-state index in [1.54, 1.807) is 19.9 Å². The van der Waals surface area contributed by atoms with Gasteiger partial charge in [0, 0.05) is 5.69 Å². The standard InChI is InChI=1S/C12H15N3O4S/c1-7-4-10(18-3)11(5-9(7)13)20(16,17)15-12-14-8(2)6-19-12/h4-6H,13H2,1-3H3,(H,14,15). The number of nitrogen functional groups attached to an aromatic ring is 1. The molecule has 2 rings (SSSR count). The second-order valence-corrected chi connectivity index (χ2v) is 5.91. The van der Waals surface area contributed by atoms with E-state index in [4.69, 9.17) is 14.9 Å². The number of nitrogens with one attached hydrogen (secondary N) is 1. The first-order chi connectivity index (χ1) is 9.33. The molecule has 0 saturated carbocycles. The van der Waals surface area contributed by atoms with Gasteiger partial charge in [0.1, 0.15) is 16.9 Å². The molecule has 0 spiro atoms. The summed E-state index contributed by atoms with van der Waals surface area (Å²) in [7, 11) is -2.51. The van der Waals surface area contributed by atoms with Crippen LogP contribution in [0.2, 0.25) is 0 Å². The van der Waals surface area contributed by atoms with Crippen molar-refractivity contribution in [2.24, 2.45) is 0 Å². The predicted molar refractivity (Wildman–Crippen MR) is 74.2 cm³/mol. The summed E-state index contributed by atoms with van der Waals surface area (Å²) in [6.45, 7) is 3.45. The minimum absolute atomic E-state index is 0.0704. The fraction of sp³-hybridized carbons (Fsp3) is 0.250. The molecule has 0 unspecified atom stereocenters. The van der Waals surface area contributed by atoms with E-state index in [0.717, 1.165) is 5.56 Å². The van der Waals surface area contributed by atoms with Gasteiger partial charge in [-0.25, -0.2) is 13.1 Å². The number of nitrogens with zero attached hydrogens (tertiary/aromatic N) is 1. The van der Waals surface area contributed by atoms with Gasteiger partial charge in [0.2, 0.25) is 0 Å². The van der Waals surface area contributed by atoms with Crippen LogP contribution >= 0.6 is 0 Å². The van der Waals surface area contributed by atoms with Crippen LogP contribution in [-0.4, -0.2) is 20.5 Å². The van der Waals surface area contributed by atoms with Gasteiger partial charge >= 0.3 is 6.01 Å². The van der Waals surface area contributed by atoms with Crippen molar-refractivity contribution < 1.29 is 17.6 Å². The second kappa shape index (κ2) is 5.04. The number of rotatable bonds is 4. The molecule has 0 aliphatic carbocycles. The summed E-state index contributed by atoms with van der Waals surface area (Å²) in [6, 6.07) is 2.79. The van der Waals surface area contributed by atoms with Crippen molar-refractivity contribution in [3.05, 3.63) is 29.7 Å². The molecule has 0 saturated heterocycles. The van der Waals surface area contributed by atoms with Gasteiger partial charge < -0.3 is 14.9 Å². The molecule has 0 bridgehead atoms. The molecule has 0 amide bonds. The minimum Gasteiger partial charge on any atom is -0.495 e. The highest BCUT2D eigenvalue weighted by Gasteiger charge is 2.22. The van der Waals surface area contributed by atoms with Gasteiger partial charge in [-0.05, 0) is 31.5 Å². The molecule has 3 N–H and O–H groups in total. The number of aryl methyl sites for hydroxylation is 2. The average Bonchev–Trinajstić information content (AvgIpc) is 2.76. The van der Waals surface area contributed by atoms with Crippen LogP contribution in [0.3, 0.4) is 0 Å². The lowest BCUT2D eigenvalue weighted by atomic mass is 10.2. The lowest BCUT2D eigenvalue weighted by molar-refractivity contribution is 0.402. The molecule has 0 aliphatic rings. The first-order valence-electron chi connectivity index (χ1n) is 5.72. The fourth-order valence-electron chi connectivity index (χ4n) is 1.62. The lowest BCUT2D eigenvalue weighted by Gasteiger charge is -2.12. The van der Waals surface area contributed by atoms with E-state index >= 15 is 0 Å². The molecule has 1 aromatic carbocycles. The van der Waals surface area contributed by atoms with Gasteiger partial charge in [0.25, 0.3) is 10.0 Å². The summed E-state index contributed by atoms with van der Waals surface area (Å²) in [6.07, 6.45) is 1.35. The molecule has 0 fully saturated rings. The number of sulfonamides is 1. The highest BCUT2D eigenvalue weighted by Crippen LogP contribution is 2.30. The Hall–Kier alpha value is -2.22. The Kier molecular flexibility index (Phi) is 3.58. The molecular formula is C12H15N3O4S. The molecular weight excluding hydrogens is 282 g/mol. The second-order valence-electron chi connectivity index (χ2n) is 4.26. The van der Waals surface area contributed by atoms with Crippen molar-refractivity contribution in [3.63, 3.8) is 0 Å². The number of hydrogen-bond donors (Lipinski definition) is 2. The van der Waals surface area contributed by atoms with E-state index in [9.17, 15) is 8.42 Å². The van der Waals surface area contributed by atoms with Gasteiger partial charge in [-0.2, -0.15) is 4.98 Å². The SMILES string of the molecule is COc1cc(C)c(N)cc1S(=O)(=O)Nc1nc(C)co1. The highest BCUT2D eigenvalue weighted by molar-refractivity contribution is 7.92. The maximum Gasteiger partial charge on any atom is 0.309 e. The normalized spacial score (nSPS) is 11.3. The van der Waals surface area contributed by atoms with Crippen LogP contribution in [-0.2, 0) is 10.0 Å². The van der Waals surface area contributed by atoms with Crippen LogP contribution in [0.15, 0.2) is 27.7 Å². The highest BCUT2D eigenvalue weighted by atomic mass is 32.2. The van der Waals surface area contributed by atoms with Gasteiger partial charge in [0.15, 0.2) is 0 Å². The topological polar surface area (TPSA) is 107 Å². The number of methoxy groups -OCH3 is 1. The average molecular weight is 297 g/mol. The number of hydrogen-bond acceptors (Lipinski definition) is 6. The first-order valence-corrected chi connectivity index (χ1v) is 7.21. The quantitative estimate of drug-likeness (QED) is 0.831. The number of aromatic nitrogens is 1. The third-order valence-electron chi connectivity index (χ3n) is 2.68. The smallest absolute Gasteiger partial charge is 0.309 e. The van der Waals surface area contributed by atoms with Gasteiger partial charge in [0.05, 0.1) is 12.8 Å². The van der Waals surface area contributed by atoms with E-state index in [1.165, 1.54) is 19.4 Å². The van der Waals surface area contributed by atoms with Crippen molar-refractivity contribution in [1.29, 1.82) is 0 Å². The van der Waals surface area contributed by atoms with Crippen molar-refractivity contribution >= 4 is 21.7 Å². The van der Waals surface area contributed by atoms with Crippen LogP contribution in [0, 0.1) is 13.8 Å². The Morgan fingerprint density at radius 2 is 2.05 bits per heavy atom. The number of benzene rings is 1. The molecule has 0 aliphatic heterocycles. The van der Waals surface area contributed by atoms with Gasteiger partial charge in [-0.15, -0.1) is 0 Å². The largest absolute Gasteiger partial charge is 0.495 e. The van der Waals surface area contributed by atoms with Gasteiger partial charge in [-0.3, -0.25) is 0 Å². The summed E-state index contributed by atoms with van der Waals surface area (Å²) in [4.78, 5) is 3.82. The molecule has 108 valence electrons. The number of ether oxygens (including phenoxy) is 1. The minimum atomic E-state index is -3.89. The third kappa shape index (κ3) is 2.69. The summed E-state index contributed by atoms with van der Waals surface area (Å²) >= 11 is 0. The van der Waals surface area contributed by atoms with Crippen LogP contribution in [0.4, 0.5) is 11.7 Å². The molecule has 7 nitrogen and oxygen atoms in total. The van der Waals surface area contributed by atoms with Crippen molar-refractivity contribution in [1.82, 2.24) is 4.98 Å². The van der Waals surface area contributed by atoms with Crippen molar-refractivity contribution in [2.75, 3.05) is 17.6 Å². The predicted octanol–water partition coefficient (Wildman–Crippen LogP) is 1.68. The number of anilines is 2. The van der Waals surface area contributed by atoms with E-state index in [0.29, 0.717) is 11.4 Å². The first kappa shape index (κ1) is 14.2. The van der Waals surface area contributed by atoms with E-state index < -0.39 is 10.0 Å². The maximum atomic E-state index is 12.3. The van der Waals surface area contributed by atoms with Crippen LogP contribution in [0.1, 0.15) is 11.3 Å². The Morgan fingerprint density at radius 1 is 1.35 bits per heavy atom. The molecule has 20 heavy (non-hydrogen) atoms. The zero-order valence-corrected chi connectivity index (χ0v) is 12.1. The molecule has 0 atom stereocenters. The van der Waals surface area contributed by atoms with E-state index in [-0.39, 0.29) is 16.7 Å². The van der Waals surface area contributed by atoms with Gasteiger partial charge in [-0.1, -0.05) is 0 Å². The number of nitrogens with two attached hydrogens (primary N) is 1. The molecule has 8 heteroatoms. The zero-order valence-electron chi connectivity index (χ0n) is 11.3. The van der Waals surface area contributed by atoms with E-state index in [1.807, 2.05) is 0 Å². The van der Waals surface area contributed by atoms with Crippen molar-refractivity contribution in [2.45, 2.75) is 18.7 Å². The molecule has 1 heterocycles. The van der Waals surface area contributed by atoms with E-state index in [2.05, 4.69) is 9.71 Å². The zero-order chi connectivity index (χ0) is 14.9. The van der Waals surface area contributed by atoms with Crippen LogP contribution in [0.25, 0.3) is 0 Å². The summed E-state index contributed by atoms with van der Waals surface area (Å²) < 4.78 is 36.9. The Morgan fingerprint density at radius 3 is 2.60 bits per heavy atom. The fourth-order valence-corrected chi connectivity index (χ4v) is 2.74. The Bertz CT molecular complexity index is 737. The molecule has 1 aromatic heterocycles. The van der Waals surface area contributed by atoms with Crippen LogP contribution < -0.4 is 15.2 Å². The monoisotopic (exact) mass is 297 g/mol. The Labute approximate surface area is 116 Å². The number of oxazole rings is 1. The summed E-state index contributed by atoms with van der Waals surface area (Å²) in [5.41, 5.74) is 7.40. The maximum absolute atomic E-state index is 12.3. The summed E-state index contributed by atoms with van der Waals surface area (Å²) in [5.74, 6) is 0.201. The lowest BCUT2D eigenvalue weighted by Crippen LogP contribution is -2.15. The molecule has 2 aromatic rings. The Balaban J connectivity index is 2.46.